The minimum Gasteiger partial charge on any atom is -0.770 e. The number of hydrogen-bond acceptors (Lipinski definition) is 6. The minimum absolute atomic E-state index is 0. The van der Waals surface area contributed by atoms with Gasteiger partial charge in [-0.15, -0.1) is 0 Å². The zero-order valence-corrected chi connectivity index (χ0v) is 27.1. The molecule has 0 unspecified atom stereocenters. The van der Waals surface area contributed by atoms with Crippen molar-refractivity contribution in [3.8, 4) is 0 Å². The van der Waals surface area contributed by atoms with E-state index in [0.717, 1.165) is 0 Å². The Morgan fingerprint density at radius 3 is 0.333 bits per heavy atom. The van der Waals surface area contributed by atoms with Crippen LogP contribution in [0.5, 0.6) is 0 Å². The molecule has 0 aliphatic rings. The SMILES string of the molecule is [CH2-]N([CH2-])C.[CH2-]N([CH2-])C.[CH2-]N([CH2-])C.[CH2-]N([CH2-])C.[CH2-]N([CH2-])C.[CH2-]N([CH2-])[CH2-].[CH3-].[CH3-].[Ti+3].[Ti+4].[Ti+4].[Ti+4]. The molecule has 0 N–H and O–H groups in total. The fraction of sp³-hybridized carbons (Fsp3) is 0.250. The summed E-state index contributed by atoms with van der Waals surface area (Å²) in [7, 11) is 52.3. The second-order valence-electron chi connectivity index (χ2n) is 4.95. The molecule has 0 rings (SSSR count). The van der Waals surface area contributed by atoms with Gasteiger partial charge in [0.25, 0.3) is 0 Å². The van der Waals surface area contributed by atoms with Crippen LogP contribution in [-0.4, -0.2) is 64.6 Å². The van der Waals surface area contributed by atoms with Crippen LogP contribution in [0.15, 0.2) is 0 Å². The van der Waals surface area contributed by atoms with E-state index in [2.05, 4.69) is 91.6 Å². The molecule has 0 saturated carbocycles. The standard InChI is InChI=1S/5C3H7N.C3H6N.2CH3.4Ti/c6*1-4(2)3;;;;;;/h5*1-2H2,3H3;1-3H2;2*1H3;;;;/q5*-2;-3;2*-1;+3;3*+4. The Labute approximate surface area is 255 Å². The fourth-order valence-corrected chi connectivity index (χ4v) is 0. The van der Waals surface area contributed by atoms with E-state index in [4.69, 9.17) is 0 Å². The first-order valence-electron chi connectivity index (χ1n) is 6.35. The molecule has 0 atom stereocenters. The first-order valence-corrected chi connectivity index (χ1v) is 6.35. The summed E-state index contributed by atoms with van der Waals surface area (Å²) in [5.74, 6) is 0. The summed E-state index contributed by atoms with van der Waals surface area (Å²) in [5.41, 5.74) is 0. The van der Waals surface area contributed by atoms with Gasteiger partial charge in [0.2, 0.25) is 0 Å². The summed E-state index contributed by atoms with van der Waals surface area (Å²) in [6.07, 6.45) is 0. The van der Waals surface area contributed by atoms with Crippen molar-refractivity contribution in [2.24, 2.45) is 0 Å². The summed E-state index contributed by atoms with van der Waals surface area (Å²) >= 11 is 0. The number of rotatable bonds is 0. The third-order valence-corrected chi connectivity index (χ3v) is 0. The fourth-order valence-electron chi connectivity index (χ4n) is 0. The van der Waals surface area contributed by atoms with E-state index in [-0.39, 0.29) is 102 Å². The van der Waals surface area contributed by atoms with Crippen LogP contribution in [0.3, 0.4) is 0 Å². The van der Waals surface area contributed by atoms with Crippen molar-refractivity contribution in [1.29, 1.82) is 0 Å². The van der Waals surface area contributed by atoms with Gasteiger partial charge in [0.05, 0.1) is 0 Å². The van der Waals surface area contributed by atoms with Gasteiger partial charge in [-0.2, -0.15) is 0 Å². The molecular formula is C20H47N6Ti4. The smallest absolute Gasteiger partial charge is 0.770 e. The quantitative estimate of drug-likeness (QED) is 0.325. The topological polar surface area (TPSA) is 19.4 Å². The summed E-state index contributed by atoms with van der Waals surface area (Å²) < 4.78 is 0. The molecule has 0 spiro atoms. The van der Waals surface area contributed by atoms with Crippen LogP contribution in [0.4, 0.5) is 0 Å². The molecule has 173 valence electrons. The molecule has 0 aliphatic heterocycles. The molecule has 10 heteroatoms. The molecule has 0 aromatic heterocycles. The average molecular weight is 563 g/mol. The van der Waals surface area contributed by atoms with Crippen molar-refractivity contribution in [3.05, 3.63) is 106 Å². The van der Waals surface area contributed by atoms with Crippen LogP contribution < -0.4 is 0 Å². The Balaban J connectivity index is -0.0000000125. The van der Waals surface area contributed by atoms with E-state index in [0.29, 0.717) is 0 Å². The van der Waals surface area contributed by atoms with E-state index in [9.17, 15) is 0 Å². The van der Waals surface area contributed by atoms with Crippen LogP contribution in [0.1, 0.15) is 0 Å². The van der Waals surface area contributed by atoms with Crippen LogP contribution in [0, 0.1) is 106 Å². The normalized spacial score (nSPS) is 7.20. The Morgan fingerprint density at radius 2 is 0.333 bits per heavy atom. The molecule has 0 fully saturated rings. The maximum absolute atomic E-state index is 3.36. The molecule has 0 saturated heterocycles. The van der Waals surface area contributed by atoms with Crippen molar-refractivity contribution in [2.45, 2.75) is 0 Å². The van der Waals surface area contributed by atoms with Gasteiger partial charge in [0.1, 0.15) is 0 Å². The molecule has 0 heterocycles. The van der Waals surface area contributed by atoms with Crippen molar-refractivity contribution in [3.63, 3.8) is 0 Å². The maximum Gasteiger partial charge on any atom is 4.00 e. The zero-order valence-electron chi connectivity index (χ0n) is 20.9. The molecule has 1 radical (unpaired) electrons. The average Bonchev–Trinajstić information content (AvgIpc) is 2.08. The van der Waals surface area contributed by atoms with Crippen molar-refractivity contribution < 1.29 is 86.9 Å². The summed E-state index contributed by atoms with van der Waals surface area (Å²) in [6, 6.07) is 0. The van der Waals surface area contributed by atoms with E-state index in [1.54, 1.807) is 35.2 Å². The van der Waals surface area contributed by atoms with Gasteiger partial charge in [-0.1, -0.05) is 35.2 Å². The molecule has 0 bridgehead atoms. The van der Waals surface area contributed by atoms with Gasteiger partial charge in [-0.25, -0.2) is 0 Å². The summed E-state index contributed by atoms with van der Waals surface area (Å²) in [4.78, 5) is 8.75. The van der Waals surface area contributed by atoms with Gasteiger partial charge in [-0.05, 0) is 0 Å². The molecule has 0 aliphatic carbocycles. The van der Waals surface area contributed by atoms with Crippen LogP contribution in [0.25, 0.3) is 0 Å². The summed E-state index contributed by atoms with van der Waals surface area (Å²) in [6.45, 7) is 0. The van der Waals surface area contributed by atoms with E-state index in [1.165, 1.54) is 29.4 Å². The third-order valence-electron chi connectivity index (χ3n) is 0. The van der Waals surface area contributed by atoms with Crippen LogP contribution in [-0.2, 0) is 86.9 Å². The number of hydrogen-bond donors (Lipinski definition) is 0. The Bertz CT molecular complexity index is 112. The molecule has 6 nitrogen and oxygen atoms in total. The molecular weight excluding hydrogens is 516 g/mol. The van der Waals surface area contributed by atoms with Gasteiger partial charge in [0.15, 0.2) is 0 Å². The predicted octanol–water partition coefficient (Wildman–Crippen LogP) is 4.06. The minimum atomic E-state index is 0. The molecule has 0 aromatic carbocycles. The van der Waals surface area contributed by atoms with Crippen LogP contribution in [0.2, 0.25) is 0 Å². The van der Waals surface area contributed by atoms with Gasteiger partial charge < -0.3 is 136 Å². The molecule has 30 heavy (non-hydrogen) atoms. The largest absolute Gasteiger partial charge is 4.00 e. The molecule has 0 aromatic rings. The zero-order chi connectivity index (χ0) is 21.5. The van der Waals surface area contributed by atoms with E-state index >= 15 is 0 Å². The van der Waals surface area contributed by atoms with Gasteiger partial charge in [-0.3, -0.25) is 0 Å². The Kier molecular flexibility index (Phi) is 178. The van der Waals surface area contributed by atoms with Crippen LogP contribution >= 0.6 is 0 Å². The predicted molar refractivity (Wildman–Crippen MR) is 123 cm³/mol. The Morgan fingerprint density at radius 1 is 0.333 bits per heavy atom. The van der Waals surface area contributed by atoms with Crippen molar-refractivity contribution >= 4 is 0 Å². The first kappa shape index (κ1) is 76.7. The Hall–Kier alpha value is 2.62. The molecule has 0 amide bonds. The maximum atomic E-state index is 3.36. The van der Waals surface area contributed by atoms with Crippen molar-refractivity contribution in [1.82, 2.24) is 29.4 Å². The van der Waals surface area contributed by atoms with Crippen molar-refractivity contribution in [2.75, 3.05) is 35.2 Å². The monoisotopic (exact) mass is 563 g/mol. The van der Waals surface area contributed by atoms with Gasteiger partial charge >= 0.3 is 86.9 Å². The second-order valence-corrected chi connectivity index (χ2v) is 4.95. The number of nitrogens with zero attached hydrogens (tertiary/aromatic N) is 6. The van der Waals surface area contributed by atoms with Gasteiger partial charge in [0, 0.05) is 0 Å². The van der Waals surface area contributed by atoms with E-state index in [1.807, 2.05) is 0 Å². The third kappa shape index (κ3) is 3920. The summed E-state index contributed by atoms with van der Waals surface area (Å²) in [5, 5.41) is 0. The van der Waals surface area contributed by atoms with E-state index < -0.39 is 0 Å². The first-order chi connectivity index (χ1) is 10.4. The second kappa shape index (κ2) is 69.7.